The second-order valence-electron chi connectivity index (χ2n) is 5.27. The van der Waals surface area contributed by atoms with Crippen LogP contribution in [0.2, 0.25) is 0 Å². The topological polar surface area (TPSA) is 68.0 Å². The maximum Gasteiger partial charge on any atom is 0.471 e. The van der Waals surface area contributed by atoms with Crippen LogP contribution < -0.4 is 5.32 Å². The highest BCUT2D eigenvalue weighted by Gasteiger charge is 2.38. The average Bonchev–Trinajstić information content (AvgIpc) is 3.06. The first-order valence-corrected chi connectivity index (χ1v) is 7.23. The monoisotopic (exact) mass is 347 g/mol. The Hall–Kier alpha value is -3.16. The number of benzene rings is 2. The summed E-state index contributed by atoms with van der Waals surface area (Å²) in [6.45, 7) is 1.67. The molecule has 25 heavy (non-hydrogen) atoms. The highest BCUT2D eigenvalue weighted by Crippen LogP contribution is 2.29. The molecule has 0 aliphatic carbocycles. The summed E-state index contributed by atoms with van der Waals surface area (Å²) < 4.78 is 41.8. The van der Waals surface area contributed by atoms with Gasteiger partial charge >= 0.3 is 12.1 Å². The van der Waals surface area contributed by atoms with Gasteiger partial charge in [0.15, 0.2) is 0 Å². The van der Waals surface area contributed by atoms with Gasteiger partial charge in [-0.2, -0.15) is 18.2 Å². The molecule has 0 spiro atoms. The molecular formula is C17H12F3N3O2. The van der Waals surface area contributed by atoms with E-state index in [4.69, 9.17) is 0 Å². The molecule has 1 amide bonds. The first kappa shape index (κ1) is 16.7. The first-order valence-electron chi connectivity index (χ1n) is 7.23. The van der Waals surface area contributed by atoms with Gasteiger partial charge in [0.1, 0.15) is 0 Å². The predicted molar refractivity (Wildman–Crippen MR) is 83.9 cm³/mol. The summed E-state index contributed by atoms with van der Waals surface area (Å²) >= 11 is 0. The van der Waals surface area contributed by atoms with Crippen LogP contribution in [0.4, 0.5) is 18.9 Å². The zero-order valence-electron chi connectivity index (χ0n) is 13.0. The summed E-state index contributed by atoms with van der Waals surface area (Å²) in [5.41, 5.74) is 1.94. The number of alkyl halides is 3. The number of hydrogen-bond donors (Lipinski definition) is 1. The molecule has 0 aliphatic rings. The fourth-order valence-corrected chi connectivity index (χ4v) is 2.23. The molecule has 3 aromatic rings. The molecule has 0 saturated heterocycles. The summed E-state index contributed by atoms with van der Waals surface area (Å²) in [4.78, 5) is 15.6. The second-order valence-corrected chi connectivity index (χ2v) is 5.27. The smallest absolute Gasteiger partial charge is 0.329 e. The molecule has 128 valence electrons. The third-order valence-corrected chi connectivity index (χ3v) is 3.43. The van der Waals surface area contributed by atoms with Crippen LogP contribution in [0, 0.1) is 6.92 Å². The molecule has 1 aromatic heterocycles. The van der Waals surface area contributed by atoms with Gasteiger partial charge in [-0.15, -0.1) is 0 Å². The third-order valence-electron chi connectivity index (χ3n) is 3.43. The van der Waals surface area contributed by atoms with E-state index in [1.54, 1.807) is 31.2 Å². The average molecular weight is 347 g/mol. The molecule has 8 heteroatoms. The molecule has 0 fully saturated rings. The maximum atomic E-state index is 12.5. The van der Waals surface area contributed by atoms with E-state index in [1.807, 2.05) is 6.07 Å². The molecule has 0 atom stereocenters. The zero-order valence-corrected chi connectivity index (χ0v) is 13.0. The van der Waals surface area contributed by atoms with E-state index in [2.05, 4.69) is 20.0 Å². The summed E-state index contributed by atoms with van der Waals surface area (Å²) in [6, 6.07) is 13.4. The highest BCUT2D eigenvalue weighted by atomic mass is 19.4. The molecule has 2 aromatic carbocycles. The van der Waals surface area contributed by atoms with E-state index in [0.717, 1.165) is 0 Å². The Labute approximate surface area is 140 Å². The quantitative estimate of drug-likeness (QED) is 0.766. The first-order chi connectivity index (χ1) is 11.8. The van der Waals surface area contributed by atoms with E-state index in [9.17, 15) is 18.0 Å². The van der Waals surface area contributed by atoms with Crippen molar-refractivity contribution in [3.63, 3.8) is 0 Å². The predicted octanol–water partition coefficient (Wildman–Crippen LogP) is 4.32. The molecule has 5 nitrogen and oxygen atoms in total. The number of halogens is 3. The van der Waals surface area contributed by atoms with Gasteiger partial charge in [-0.3, -0.25) is 4.79 Å². The van der Waals surface area contributed by atoms with Crippen LogP contribution in [0.1, 0.15) is 21.8 Å². The summed E-state index contributed by atoms with van der Waals surface area (Å²) in [5.74, 6) is -1.92. The van der Waals surface area contributed by atoms with E-state index in [1.165, 1.54) is 18.2 Å². The van der Waals surface area contributed by atoms with Gasteiger partial charge in [0.05, 0.1) is 0 Å². The number of rotatable bonds is 3. The number of hydrogen-bond acceptors (Lipinski definition) is 4. The minimum Gasteiger partial charge on any atom is -0.329 e. The van der Waals surface area contributed by atoms with Gasteiger partial charge in [-0.05, 0) is 36.8 Å². The second kappa shape index (κ2) is 6.39. The fourth-order valence-electron chi connectivity index (χ4n) is 2.23. The minimum absolute atomic E-state index is 0.189. The Morgan fingerprint density at radius 3 is 2.44 bits per heavy atom. The number of nitrogens with one attached hydrogen (secondary N) is 1. The molecule has 1 heterocycles. The van der Waals surface area contributed by atoms with Crippen LogP contribution in [0.5, 0.6) is 0 Å². The van der Waals surface area contributed by atoms with E-state index < -0.39 is 12.1 Å². The largest absolute Gasteiger partial charge is 0.471 e. The van der Waals surface area contributed by atoms with Gasteiger partial charge in [-0.25, -0.2) is 0 Å². The van der Waals surface area contributed by atoms with Gasteiger partial charge < -0.3 is 9.84 Å². The number of amides is 1. The number of anilines is 1. The van der Waals surface area contributed by atoms with Crippen molar-refractivity contribution in [2.75, 3.05) is 5.32 Å². The zero-order chi connectivity index (χ0) is 18.0. The summed E-state index contributed by atoms with van der Waals surface area (Å²) in [6.07, 6.45) is -4.70. The molecule has 3 rings (SSSR count). The molecule has 0 radical (unpaired) electrons. The van der Waals surface area contributed by atoms with Crippen molar-refractivity contribution in [2.24, 2.45) is 0 Å². The van der Waals surface area contributed by atoms with Crippen molar-refractivity contribution in [1.82, 2.24) is 10.1 Å². The summed E-state index contributed by atoms with van der Waals surface area (Å²) in [7, 11) is 0. The van der Waals surface area contributed by atoms with Crippen LogP contribution in [0.3, 0.4) is 0 Å². The number of aryl methyl sites for hydroxylation is 1. The number of nitrogens with zero attached hydrogens (tertiary/aromatic N) is 2. The van der Waals surface area contributed by atoms with Crippen LogP contribution >= 0.6 is 0 Å². The van der Waals surface area contributed by atoms with Crippen molar-refractivity contribution in [1.29, 1.82) is 0 Å². The Kier molecular flexibility index (Phi) is 4.26. The molecule has 0 unspecified atom stereocenters. The Morgan fingerprint density at radius 1 is 1.12 bits per heavy atom. The molecule has 0 aliphatic heterocycles. The van der Waals surface area contributed by atoms with Crippen molar-refractivity contribution in [3.8, 4) is 11.4 Å². The molecule has 0 bridgehead atoms. The standard InChI is InChI=1S/C17H12F3N3O2/c1-10-9-11(14-22-16(25-23-14)17(18,19)20)7-8-13(10)15(24)21-12-5-3-2-4-6-12/h2-9H,1H3,(H,21,24). The van der Waals surface area contributed by atoms with Crippen molar-refractivity contribution < 1.29 is 22.5 Å². The summed E-state index contributed by atoms with van der Waals surface area (Å²) in [5, 5.41) is 6.07. The minimum atomic E-state index is -4.70. The fraction of sp³-hybridized carbons (Fsp3) is 0.118. The Bertz CT molecular complexity index is 905. The molecule has 0 saturated carbocycles. The Morgan fingerprint density at radius 2 is 1.84 bits per heavy atom. The van der Waals surface area contributed by atoms with Crippen LogP contribution in [0.15, 0.2) is 53.1 Å². The van der Waals surface area contributed by atoms with Crippen LogP contribution in [-0.4, -0.2) is 16.0 Å². The van der Waals surface area contributed by atoms with Gasteiger partial charge in [0, 0.05) is 16.8 Å². The number of carbonyl (C=O) groups is 1. The van der Waals surface area contributed by atoms with E-state index in [-0.39, 0.29) is 11.7 Å². The number of carbonyl (C=O) groups excluding carboxylic acids is 1. The van der Waals surface area contributed by atoms with Crippen molar-refractivity contribution in [3.05, 3.63) is 65.5 Å². The lowest BCUT2D eigenvalue weighted by Gasteiger charge is -2.08. The SMILES string of the molecule is Cc1cc(-c2noc(C(F)(F)F)n2)ccc1C(=O)Nc1ccccc1. The van der Waals surface area contributed by atoms with E-state index in [0.29, 0.717) is 22.4 Å². The van der Waals surface area contributed by atoms with Crippen LogP contribution in [-0.2, 0) is 6.18 Å². The maximum absolute atomic E-state index is 12.5. The lowest BCUT2D eigenvalue weighted by Crippen LogP contribution is -2.13. The van der Waals surface area contributed by atoms with E-state index >= 15 is 0 Å². The molecular weight excluding hydrogens is 335 g/mol. The van der Waals surface area contributed by atoms with Gasteiger partial charge in [0.2, 0.25) is 5.82 Å². The lowest BCUT2D eigenvalue weighted by molar-refractivity contribution is -0.159. The van der Waals surface area contributed by atoms with Crippen LogP contribution in [0.25, 0.3) is 11.4 Å². The highest BCUT2D eigenvalue weighted by molar-refractivity contribution is 6.05. The van der Waals surface area contributed by atoms with Gasteiger partial charge in [0.25, 0.3) is 5.91 Å². The van der Waals surface area contributed by atoms with Crippen molar-refractivity contribution >= 4 is 11.6 Å². The third kappa shape index (κ3) is 3.68. The van der Waals surface area contributed by atoms with Crippen molar-refractivity contribution in [2.45, 2.75) is 13.1 Å². The molecule has 1 N–H and O–H groups in total. The number of aromatic nitrogens is 2. The lowest BCUT2D eigenvalue weighted by atomic mass is 10.0. The normalized spacial score (nSPS) is 11.4. The van der Waals surface area contributed by atoms with Gasteiger partial charge in [-0.1, -0.05) is 29.4 Å². The Balaban J connectivity index is 1.83. The number of para-hydroxylation sites is 1.